The zero-order chi connectivity index (χ0) is 106. The molecule has 53 heteroatoms. The number of sulfonamides is 4. The Morgan fingerprint density at radius 1 is 0.390 bits per heavy atom. The number of aryl methyl sites for hydroxylation is 1. The van der Waals surface area contributed by atoms with Crippen molar-refractivity contribution in [3.63, 3.8) is 0 Å². The molecule has 0 spiro atoms. The lowest BCUT2D eigenvalue weighted by atomic mass is 10.0. The summed E-state index contributed by atoms with van der Waals surface area (Å²) in [7, 11) is -17.2. The molecule has 3 N–H and O–H groups in total. The molecule has 4 aromatic heterocycles. The second kappa shape index (κ2) is 44.8. The zero-order valence-corrected chi connectivity index (χ0v) is 77.7. The van der Waals surface area contributed by atoms with Crippen molar-refractivity contribution in [2.24, 2.45) is 0 Å². The van der Waals surface area contributed by atoms with Gasteiger partial charge in [0, 0.05) is 119 Å². The molecule has 776 valence electrons. The number of aromatic nitrogens is 6. The zero-order valence-electron chi connectivity index (χ0n) is 74.4. The third-order valence-corrected chi connectivity index (χ3v) is 30.4. The van der Waals surface area contributed by atoms with Crippen LogP contribution < -0.4 is 21.5 Å². The fourth-order valence-corrected chi connectivity index (χ4v) is 22.3. The molecule has 0 radical (unpaired) electrons. The van der Waals surface area contributed by atoms with Crippen LogP contribution in [-0.2, 0) is 104 Å². The third kappa shape index (κ3) is 26.6. The number of benzene rings is 8. The molecule has 8 atom stereocenters. The van der Waals surface area contributed by atoms with Crippen LogP contribution in [0.25, 0.3) is 28.2 Å². The van der Waals surface area contributed by atoms with Gasteiger partial charge in [-0.25, -0.2) is 105 Å². The number of hydrogen-bond donors (Lipinski definition) is 3. The highest BCUT2D eigenvalue weighted by molar-refractivity contribution is 7.90. The van der Waals surface area contributed by atoms with Gasteiger partial charge in [-0.1, -0.05) is 24.3 Å². The van der Waals surface area contributed by atoms with Crippen LogP contribution in [0.3, 0.4) is 0 Å². The number of rotatable bonds is 26. The summed E-state index contributed by atoms with van der Waals surface area (Å²) in [5.41, 5.74) is -3.69. The summed E-state index contributed by atoms with van der Waals surface area (Å²) in [4.78, 5) is 66.3. The average Bonchev–Trinajstić information content (AvgIpc) is 1.62. The Hall–Kier alpha value is -13.6. The van der Waals surface area contributed by atoms with Crippen molar-refractivity contribution in [1.29, 1.82) is 0 Å². The Labute approximate surface area is 814 Å². The number of pyridine rings is 2. The summed E-state index contributed by atoms with van der Waals surface area (Å²) in [5.74, 6) is -8.96. The highest BCUT2D eigenvalue weighted by atomic mass is 32.2. The first-order valence-corrected chi connectivity index (χ1v) is 48.8. The number of hydrogen-bond acceptors (Lipinski definition) is 16. The standard InChI is InChI=1S/C25H21F5N2O3S.C24H19F6N3O4S.2C22H18F6N4O3S/c26-17-5-8-20(9-6-17)36(34,35)32-14-18(27)11-23(32)24(33)10-7-19-12-21(22(28)13-31-19)15-1-3-16(4-2-15)25(29)30;25-16-1-3-20(4-2-16)38(36,37)33-13-18(27)11-21(33)23(35)31-12-14-7-17(26)10-19(8-14)32-6-5-15(9-22(32)34)24(28,29)30;23-15-1-3-19(4-2-15)36(34,35)32-12-17(25)8-20(32)21(33)29-9-13-5-16(24)7-18(6-13)31-11-14(10-30-31)22(26,27)28;23-14-1-3-18(4-2-14)36(34,35)32-12-16(25)10-19(32)21(33)29-11-13-7-15(24)9-17(8-13)31-6-5-20(30-31)22(26,27)28/h1-6,8-9,12-13,18,23,25H,7,10-11,14H2;1-10,18,21H,11-13H2,(H,31,35);1-7,10-11,17,20H,8-9,12H2,(H,29,33);1-9,16,19H,10-12H2,(H,29,33)/t18-,23+;18-,21+;17-,20+;16-,19+/m1111/s1. The fraction of sp³-hybridized carbons (Fsp3) is 0.269. The van der Waals surface area contributed by atoms with Crippen molar-refractivity contribution < 1.29 is 154 Å². The van der Waals surface area contributed by atoms with Gasteiger partial charge < -0.3 is 16.0 Å². The first-order chi connectivity index (χ1) is 68.5. The highest BCUT2D eigenvalue weighted by Crippen LogP contribution is 2.38. The van der Waals surface area contributed by atoms with Gasteiger partial charge in [-0.05, 0) is 199 Å². The molecule has 146 heavy (non-hydrogen) atoms. The monoisotopic (exact) mass is 2150 g/mol. The molecule has 4 aliphatic rings. The van der Waals surface area contributed by atoms with Crippen LogP contribution in [0.4, 0.5) is 101 Å². The maximum absolute atomic E-state index is 14.4. The number of amides is 3. The van der Waals surface area contributed by atoms with Crippen LogP contribution in [0, 0.1) is 46.5 Å². The van der Waals surface area contributed by atoms with Gasteiger partial charge in [0.05, 0.1) is 66.2 Å². The first-order valence-electron chi connectivity index (χ1n) is 43.0. The third-order valence-electron chi connectivity index (χ3n) is 22.9. The number of halogens is 23. The number of carbonyl (C=O) groups is 4. The molecule has 4 saturated heterocycles. The molecule has 0 saturated carbocycles. The van der Waals surface area contributed by atoms with E-state index in [9.17, 15) is 159 Å². The molecule has 8 aromatic carbocycles. The normalized spacial score (nSPS) is 18.7. The second-order valence-electron chi connectivity index (χ2n) is 33.1. The number of ketones is 1. The fourth-order valence-electron chi connectivity index (χ4n) is 15.8. The van der Waals surface area contributed by atoms with Gasteiger partial charge in [-0.15, -0.1) is 0 Å². The van der Waals surface area contributed by atoms with E-state index in [2.05, 4.69) is 31.1 Å². The van der Waals surface area contributed by atoms with Gasteiger partial charge >= 0.3 is 18.5 Å². The van der Waals surface area contributed by atoms with Crippen LogP contribution in [-0.4, -0.2) is 179 Å². The topological polar surface area (TPSA) is 324 Å². The van der Waals surface area contributed by atoms with Crippen LogP contribution >= 0.6 is 0 Å². The average molecular weight is 2150 g/mol. The number of carbonyl (C=O) groups excluding carboxylic acids is 4. The molecule has 0 aliphatic carbocycles. The van der Waals surface area contributed by atoms with Crippen LogP contribution in [0.15, 0.2) is 256 Å². The molecule has 4 fully saturated rings. The summed E-state index contributed by atoms with van der Waals surface area (Å²) in [6, 6.07) is 27.9. The van der Waals surface area contributed by atoms with Crippen molar-refractivity contribution in [3.8, 4) is 28.2 Å². The van der Waals surface area contributed by atoms with E-state index in [1.54, 1.807) is 0 Å². The van der Waals surface area contributed by atoms with E-state index in [4.69, 9.17) is 0 Å². The quantitative estimate of drug-likeness (QED) is 0.0424. The van der Waals surface area contributed by atoms with E-state index < -0.39 is 252 Å². The lowest BCUT2D eigenvalue weighted by molar-refractivity contribution is -0.141. The van der Waals surface area contributed by atoms with Crippen molar-refractivity contribution in [3.05, 3.63) is 333 Å². The van der Waals surface area contributed by atoms with Crippen molar-refractivity contribution in [1.82, 2.24) is 62.3 Å². The van der Waals surface area contributed by atoms with Crippen molar-refractivity contribution in [2.45, 2.75) is 152 Å². The largest absolute Gasteiger partial charge is 0.435 e. The summed E-state index contributed by atoms with van der Waals surface area (Å²) >= 11 is 0. The highest BCUT2D eigenvalue weighted by Gasteiger charge is 2.49. The molecular formula is C93H76F23N13O13S4. The summed E-state index contributed by atoms with van der Waals surface area (Å²) < 4.78 is 416. The first kappa shape index (κ1) is 110. The minimum absolute atomic E-state index is 0.0269. The Morgan fingerprint density at radius 3 is 1.11 bits per heavy atom. The van der Waals surface area contributed by atoms with Crippen LogP contribution in [0.1, 0.15) is 83.3 Å². The van der Waals surface area contributed by atoms with Crippen LogP contribution in [0.2, 0.25) is 0 Å². The van der Waals surface area contributed by atoms with Gasteiger partial charge in [0.25, 0.3) is 12.0 Å². The lowest BCUT2D eigenvalue weighted by Gasteiger charge is -2.23. The van der Waals surface area contributed by atoms with E-state index in [1.165, 1.54) is 48.5 Å². The summed E-state index contributed by atoms with van der Waals surface area (Å²) in [5, 5.41) is 14.2. The Morgan fingerprint density at radius 2 is 0.753 bits per heavy atom. The number of alkyl halides is 15. The van der Waals surface area contributed by atoms with E-state index in [0.29, 0.717) is 48.7 Å². The summed E-state index contributed by atoms with van der Waals surface area (Å²) in [6.07, 6.45) is -20.9. The molecular weight excluding hydrogens is 2070 g/mol. The van der Waals surface area contributed by atoms with Gasteiger partial charge in [0.15, 0.2) is 11.5 Å². The van der Waals surface area contributed by atoms with Gasteiger partial charge in [0.1, 0.15) is 89.3 Å². The van der Waals surface area contributed by atoms with E-state index in [0.717, 1.165) is 176 Å². The molecule has 0 bridgehead atoms. The minimum atomic E-state index is -4.74. The molecule has 4 aliphatic heterocycles. The number of Topliss-reactive ketones (excluding diaryl/α,β-unsaturated/α-hetero) is 1. The molecule has 8 heterocycles. The van der Waals surface area contributed by atoms with E-state index in [-0.39, 0.29) is 103 Å². The SMILES string of the molecule is O=C(CCc1cc(-c2ccc(C(F)F)cc2)c(F)cn1)[C@@H]1C[C@@H](F)CN1S(=O)(=O)c1ccc(F)cc1.O=C(NCc1cc(F)cc(-n2cc(C(F)(F)F)cn2)c1)[C@@H]1C[C@@H](F)CN1S(=O)(=O)c1ccc(F)cc1.O=C(NCc1cc(F)cc(-n2ccc(C(F)(F)F)cc2=O)c1)[C@@H]1C[C@@H](F)CN1S(=O)(=O)c1ccc(F)cc1.O=C(NCc1cc(F)cc(-n2ccc(C(F)(F)F)n2)c1)[C@@H]1C[C@@H](F)CN1S(=O)(=O)c1ccc(F)cc1. The maximum atomic E-state index is 14.4. The van der Waals surface area contributed by atoms with E-state index >= 15 is 0 Å². The maximum Gasteiger partial charge on any atom is 0.435 e. The minimum Gasteiger partial charge on any atom is -0.351 e. The van der Waals surface area contributed by atoms with Gasteiger partial charge in [-0.2, -0.15) is 66.9 Å². The Bertz CT molecular complexity index is 7140. The number of nitrogens with one attached hydrogen (secondary N) is 3. The molecule has 26 nitrogen and oxygen atoms in total. The Kier molecular flexibility index (Phi) is 33.6. The smallest absolute Gasteiger partial charge is 0.351 e. The summed E-state index contributed by atoms with van der Waals surface area (Å²) in [6.45, 7) is -3.27. The van der Waals surface area contributed by atoms with Crippen LogP contribution in [0.5, 0.6) is 0 Å². The number of nitrogens with zero attached hydrogens (tertiary/aromatic N) is 10. The lowest BCUT2D eigenvalue weighted by Crippen LogP contribution is -2.45. The van der Waals surface area contributed by atoms with Gasteiger partial charge in [0.2, 0.25) is 57.8 Å². The van der Waals surface area contributed by atoms with Crippen molar-refractivity contribution >= 4 is 63.6 Å². The molecule has 3 amide bonds. The molecule has 0 unspecified atom stereocenters. The second-order valence-corrected chi connectivity index (χ2v) is 40.7. The molecule has 12 aromatic rings. The Balaban J connectivity index is 0.000000163. The van der Waals surface area contributed by atoms with E-state index in [1.807, 2.05) is 0 Å². The predicted octanol–water partition coefficient (Wildman–Crippen LogP) is 16.0. The van der Waals surface area contributed by atoms with Crippen molar-refractivity contribution in [2.75, 3.05) is 26.2 Å². The van der Waals surface area contributed by atoms with Gasteiger partial charge in [-0.3, -0.25) is 33.5 Å². The predicted molar refractivity (Wildman–Crippen MR) is 472 cm³/mol. The molecule has 16 rings (SSSR count).